The van der Waals surface area contributed by atoms with E-state index in [1.54, 1.807) is 18.2 Å². The first-order valence-electron chi connectivity index (χ1n) is 5.85. The normalized spacial score (nSPS) is 14.2. The summed E-state index contributed by atoms with van der Waals surface area (Å²) in [6, 6.07) is 5.24. The van der Waals surface area contributed by atoms with Crippen LogP contribution < -0.4 is 9.47 Å². The second kappa shape index (κ2) is 5.68. The van der Waals surface area contributed by atoms with Gasteiger partial charge in [0.15, 0.2) is 17.3 Å². The van der Waals surface area contributed by atoms with Gasteiger partial charge < -0.3 is 14.6 Å². The molecule has 1 heterocycles. The molecule has 0 unspecified atom stereocenters. The fourth-order valence-electron chi connectivity index (χ4n) is 1.72. The number of fused-ring (bicyclic) bond motifs is 1. The molecule has 0 saturated carbocycles. The van der Waals surface area contributed by atoms with E-state index in [9.17, 15) is 4.79 Å². The lowest BCUT2D eigenvalue weighted by molar-refractivity contribution is 0.0971. The standard InChI is InChI=1S/C13H16O4/c14-6-1-3-11(15)10-4-5-12-13(9-10)17-8-2-7-16-12/h4-5,9,14H,1-3,6-8H2. The Hall–Kier alpha value is -1.55. The van der Waals surface area contributed by atoms with E-state index in [1.165, 1.54) is 0 Å². The summed E-state index contributed by atoms with van der Waals surface area (Å²) < 4.78 is 11.0. The lowest BCUT2D eigenvalue weighted by Crippen LogP contribution is -2.01. The topological polar surface area (TPSA) is 55.8 Å². The molecule has 4 nitrogen and oxygen atoms in total. The lowest BCUT2D eigenvalue weighted by atomic mass is 10.1. The van der Waals surface area contributed by atoms with Crippen molar-refractivity contribution >= 4 is 5.78 Å². The summed E-state index contributed by atoms with van der Waals surface area (Å²) in [5.74, 6) is 1.35. The maximum Gasteiger partial charge on any atom is 0.163 e. The fourth-order valence-corrected chi connectivity index (χ4v) is 1.72. The van der Waals surface area contributed by atoms with Crippen molar-refractivity contribution in [1.82, 2.24) is 0 Å². The smallest absolute Gasteiger partial charge is 0.163 e. The van der Waals surface area contributed by atoms with E-state index in [0.717, 1.165) is 6.42 Å². The van der Waals surface area contributed by atoms with E-state index in [-0.39, 0.29) is 12.4 Å². The van der Waals surface area contributed by atoms with Crippen LogP contribution in [0.2, 0.25) is 0 Å². The van der Waals surface area contributed by atoms with Gasteiger partial charge in [-0.25, -0.2) is 0 Å². The molecular formula is C13H16O4. The highest BCUT2D eigenvalue weighted by Gasteiger charge is 2.13. The zero-order valence-corrected chi connectivity index (χ0v) is 9.65. The van der Waals surface area contributed by atoms with Crippen molar-refractivity contribution in [1.29, 1.82) is 0 Å². The first kappa shape index (κ1) is 11.9. The lowest BCUT2D eigenvalue weighted by Gasteiger charge is -2.08. The third-order valence-corrected chi connectivity index (χ3v) is 2.63. The molecule has 1 aromatic carbocycles. The first-order chi connectivity index (χ1) is 8.31. The molecule has 0 saturated heterocycles. The summed E-state index contributed by atoms with van der Waals surface area (Å²) >= 11 is 0. The molecule has 92 valence electrons. The minimum atomic E-state index is 0.0229. The molecule has 0 amide bonds. The molecule has 0 atom stereocenters. The minimum absolute atomic E-state index is 0.0229. The van der Waals surface area contributed by atoms with Gasteiger partial charge in [0.25, 0.3) is 0 Å². The second-order valence-electron chi connectivity index (χ2n) is 3.96. The van der Waals surface area contributed by atoms with Crippen LogP contribution in [0.5, 0.6) is 11.5 Å². The van der Waals surface area contributed by atoms with E-state index in [1.807, 2.05) is 0 Å². The molecule has 0 bridgehead atoms. The number of Topliss-reactive ketones (excluding diaryl/α,β-unsaturated/α-hetero) is 1. The summed E-state index contributed by atoms with van der Waals surface area (Å²) in [6.45, 7) is 1.29. The summed E-state index contributed by atoms with van der Waals surface area (Å²) in [5.41, 5.74) is 0.614. The van der Waals surface area contributed by atoms with Crippen LogP contribution >= 0.6 is 0 Å². The van der Waals surface area contributed by atoms with Gasteiger partial charge in [0.1, 0.15) is 0 Å². The van der Waals surface area contributed by atoms with Crippen molar-refractivity contribution in [2.24, 2.45) is 0 Å². The van der Waals surface area contributed by atoms with Crippen molar-refractivity contribution in [3.05, 3.63) is 23.8 Å². The molecule has 1 aliphatic heterocycles. The number of hydrogen-bond donors (Lipinski definition) is 1. The Balaban J connectivity index is 2.14. The number of benzene rings is 1. The van der Waals surface area contributed by atoms with E-state index in [4.69, 9.17) is 14.6 Å². The van der Waals surface area contributed by atoms with Gasteiger partial charge in [-0.3, -0.25) is 4.79 Å². The molecular weight excluding hydrogens is 220 g/mol. The van der Waals surface area contributed by atoms with Gasteiger partial charge in [-0.2, -0.15) is 0 Å². The quantitative estimate of drug-likeness (QED) is 0.810. The predicted molar refractivity (Wildman–Crippen MR) is 62.7 cm³/mol. The number of aliphatic hydroxyl groups excluding tert-OH is 1. The first-order valence-corrected chi connectivity index (χ1v) is 5.85. The van der Waals surface area contributed by atoms with Gasteiger partial charge in [0.2, 0.25) is 0 Å². The molecule has 0 spiro atoms. The molecule has 0 aromatic heterocycles. The Kier molecular flexibility index (Phi) is 3.98. The van der Waals surface area contributed by atoms with Gasteiger partial charge in [0.05, 0.1) is 13.2 Å². The van der Waals surface area contributed by atoms with Gasteiger partial charge in [-0.1, -0.05) is 0 Å². The third-order valence-electron chi connectivity index (χ3n) is 2.63. The average molecular weight is 236 g/mol. The molecule has 17 heavy (non-hydrogen) atoms. The molecule has 4 heteroatoms. The molecule has 0 fully saturated rings. The summed E-state index contributed by atoms with van der Waals surface area (Å²) in [6.07, 6.45) is 1.70. The highest BCUT2D eigenvalue weighted by Crippen LogP contribution is 2.30. The van der Waals surface area contributed by atoms with Crippen LogP contribution in [0.3, 0.4) is 0 Å². The summed E-state index contributed by atoms with van der Waals surface area (Å²) in [5, 5.41) is 8.69. The van der Waals surface area contributed by atoms with Crippen molar-refractivity contribution < 1.29 is 19.4 Å². The van der Waals surface area contributed by atoms with Gasteiger partial charge >= 0.3 is 0 Å². The number of aliphatic hydroxyl groups is 1. The number of ether oxygens (including phenoxy) is 2. The Morgan fingerprint density at radius 1 is 1.24 bits per heavy atom. The van der Waals surface area contributed by atoms with E-state index in [0.29, 0.717) is 43.1 Å². The molecule has 1 N–H and O–H groups in total. The zero-order chi connectivity index (χ0) is 12.1. The number of rotatable bonds is 4. The Bertz CT molecular complexity index is 400. The molecule has 0 radical (unpaired) electrons. The largest absolute Gasteiger partial charge is 0.490 e. The van der Waals surface area contributed by atoms with Gasteiger partial charge in [-0.15, -0.1) is 0 Å². The summed E-state index contributed by atoms with van der Waals surface area (Å²) in [7, 11) is 0. The van der Waals surface area contributed by atoms with Crippen LogP contribution in [-0.2, 0) is 0 Å². The SMILES string of the molecule is O=C(CCCO)c1ccc2c(c1)OCCCO2. The van der Waals surface area contributed by atoms with Crippen LogP contribution in [0.25, 0.3) is 0 Å². The monoisotopic (exact) mass is 236 g/mol. The van der Waals surface area contributed by atoms with E-state index < -0.39 is 0 Å². The maximum atomic E-state index is 11.8. The van der Waals surface area contributed by atoms with Gasteiger partial charge in [0, 0.05) is 25.0 Å². The van der Waals surface area contributed by atoms with Gasteiger partial charge in [-0.05, 0) is 24.6 Å². The van der Waals surface area contributed by atoms with Crippen LogP contribution in [0.1, 0.15) is 29.6 Å². The van der Waals surface area contributed by atoms with Crippen LogP contribution in [0.4, 0.5) is 0 Å². The number of carbonyl (C=O) groups excluding carboxylic acids is 1. The average Bonchev–Trinajstić information content (AvgIpc) is 2.60. The maximum absolute atomic E-state index is 11.8. The number of ketones is 1. The zero-order valence-electron chi connectivity index (χ0n) is 9.65. The molecule has 1 aromatic rings. The van der Waals surface area contributed by atoms with Crippen molar-refractivity contribution in [3.63, 3.8) is 0 Å². The molecule has 2 rings (SSSR count). The van der Waals surface area contributed by atoms with Crippen molar-refractivity contribution in [2.45, 2.75) is 19.3 Å². The fraction of sp³-hybridized carbons (Fsp3) is 0.462. The highest BCUT2D eigenvalue weighted by atomic mass is 16.5. The number of hydrogen-bond acceptors (Lipinski definition) is 4. The second-order valence-corrected chi connectivity index (χ2v) is 3.96. The van der Waals surface area contributed by atoms with Crippen molar-refractivity contribution in [3.8, 4) is 11.5 Å². The third kappa shape index (κ3) is 2.97. The Morgan fingerprint density at radius 2 is 2.00 bits per heavy atom. The Morgan fingerprint density at radius 3 is 2.76 bits per heavy atom. The number of carbonyl (C=O) groups is 1. The van der Waals surface area contributed by atoms with E-state index >= 15 is 0 Å². The van der Waals surface area contributed by atoms with E-state index in [2.05, 4.69) is 0 Å². The summed E-state index contributed by atoms with van der Waals surface area (Å²) in [4.78, 5) is 11.8. The van der Waals surface area contributed by atoms with Crippen molar-refractivity contribution in [2.75, 3.05) is 19.8 Å². The molecule has 0 aliphatic carbocycles. The van der Waals surface area contributed by atoms with Crippen LogP contribution in [0, 0.1) is 0 Å². The van der Waals surface area contributed by atoms with Crippen LogP contribution in [-0.4, -0.2) is 30.7 Å². The minimum Gasteiger partial charge on any atom is -0.490 e. The molecule has 1 aliphatic rings. The Labute approximate surface area is 100 Å². The highest BCUT2D eigenvalue weighted by molar-refractivity contribution is 5.96. The van der Waals surface area contributed by atoms with Crippen LogP contribution in [0.15, 0.2) is 18.2 Å². The predicted octanol–water partition coefficient (Wildman–Crippen LogP) is 1.80.